The van der Waals surface area contributed by atoms with Crippen molar-refractivity contribution in [3.8, 4) is 0 Å². The zero-order valence-electron chi connectivity index (χ0n) is 11.7. The first-order valence-corrected chi connectivity index (χ1v) is 6.86. The van der Waals surface area contributed by atoms with E-state index < -0.39 is 5.97 Å². The van der Waals surface area contributed by atoms with E-state index in [2.05, 4.69) is 10.3 Å². The van der Waals surface area contributed by atoms with Gasteiger partial charge in [-0.15, -0.1) is 0 Å². The van der Waals surface area contributed by atoms with Gasteiger partial charge in [-0.05, 0) is 30.5 Å². The third-order valence-electron chi connectivity index (χ3n) is 3.42. The van der Waals surface area contributed by atoms with E-state index in [0.717, 1.165) is 18.7 Å². The van der Waals surface area contributed by atoms with Gasteiger partial charge in [-0.2, -0.15) is 0 Å². The Kier molecular flexibility index (Phi) is 5.31. The van der Waals surface area contributed by atoms with E-state index in [1.54, 1.807) is 6.20 Å². The second-order valence-electron chi connectivity index (χ2n) is 4.96. The SMILES string of the molecule is CNc1cc(CCC2CN(CC(=O)O)CCO2)ccn1. The van der Waals surface area contributed by atoms with Crippen LogP contribution in [0.25, 0.3) is 0 Å². The summed E-state index contributed by atoms with van der Waals surface area (Å²) in [5.41, 5.74) is 1.21. The van der Waals surface area contributed by atoms with Crippen LogP contribution in [0.5, 0.6) is 0 Å². The Hall–Kier alpha value is -1.66. The second-order valence-corrected chi connectivity index (χ2v) is 4.96. The molecule has 6 heteroatoms. The number of carboxylic acid groups (broad SMARTS) is 1. The van der Waals surface area contributed by atoms with Crippen LogP contribution in [0.15, 0.2) is 18.3 Å². The summed E-state index contributed by atoms with van der Waals surface area (Å²) < 4.78 is 5.70. The van der Waals surface area contributed by atoms with Crippen molar-refractivity contribution >= 4 is 11.8 Å². The molecule has 1 saturated heterocycles. The van der Waals surface area contributed by atoms with Crippen LogP contribution < -0.4 is 5.32 Å². The second kappa shape index (κ2) is 7.21. The molecule has 1 aromatic rings. The Labute approximate surface area is 118 Å². The molecule has 1 unspecified atom stereocenters. The van der Waals surface area contributed by atoms with E-state index in [1.165, 1.54) is 5.56 Å². The monoisotopic (exact) mass is 279 g/mol. The Balaban J connectivity index is 1.82. The molecule has 1 atom stereocenters. The first-order chi connectivity index (χ1) is 9.67. The predicted molar refractivity (Wildman–Crippen MR) is 75.9 cm³/mol. The average Bonchev–Trinajstić information content (AvgIpc) is 2.45. The van der Waals surface area contributed by atoms with E-state index in [4.69, 9.17) is 9.84 Å². The summed E-state index contributed by atoms with van der Waals surface area (Å²) in [5.74, 6) is 0.0815. The van der Waals surface area contributed by atoms with Crippen LogP contribution >= 0.6 is 0 Å². The minimum Gasteiger partial charge on any atom is -0.480 e. The van der Waals surface area contributed by atoms with Gasteiger partial charge in [0.05, 0.1) is 19.3 Å². The van der Waals surface area contributed by atoms with Gasteiger partial charge >= 0.3 is 5.97 Å². The van der Waals surface area contributed by atoms with Crippen molar-refractivity contribution < 1.29 is 14.6 Å². The number of nitrogens with one attached hydrogen (secondary N) is 1. The number of hydrogen-bond donors (Lipinski definition) is 2. The lowest BCUT2D eigenvalue weighted by Crippen LogP contribution is -2.44. The number of aryl methyl sites for hydroxylation is 1. The van der Waals surface area contributed by atoms with Gasteiger partial charge in [-0.3, -0.25) is 9.69 Å². The topological polar surface area (TPSA) is 74.7 Å². The maximum absolute atomic E-state index is 10.7. The van der Waals surface area contributed by atoms with Gasteiger partial charge in [-0.1, -0.05) is 0 Å². The molecule has 1 fully saturated rings. The molecular weight excluding hydrogens is 258 g/mol. The number of pyridine rings is 1. The molecule has 1 aromatic heterocycles. The van der Waals surface area contributed by atoms with E-state index in [-0.39, 0.29) is 12.6 Å². The molecule has 6 nitrogen and oxygen atoms in total. The molecule has 2 N–H and O–H groups in total. The molecular formula is C14H21N3O3. The Bertz CT molecular complexity index is 453. The summed E-state index contributed by atoms with van der Waals surface area (Å²) in [6, 6.07) is 4.02. The highest BCUT2D eigenvalue weighted by Crippen LogP contribution is 2.14. The lowest BCUT2D eigenvalue weighted by Gasteiger charge is -2.31. The number of rotatable bonds is 6. The number of morpholine rings is 1. The molecule has 0 spiro atoms. The van der Waals surface area contributed by atoms with Crippen molar-refractivity contribution in [2.45, 2.75) is 18.9 Å². The number of nitrogens with zero attached hydrogens (tertiary/aromatic N) is 2. The zero-order chi connectivity index (χ0) is 14.4. The van der Waals surface area contributed by atoms with Gasteiger partial charge in [-0.25, -0.2) is 4.98 Å². The van der Waals surface area contributed by atoms with Crippen LogP contribution in [-0.4, -0.2) is 60.4 Å². The number of aromatic nitrogens is 1. The number of hydrogen-bond acceptors (Lipinski definition) is 5. The number of ether oxygens (including phenoxy) is 1. The molecule has 0 saturated carbocycles. The third-order valence-corrected chi connectivity index (χ3v) is 3.42. The molecule has 1 aliphatic rings. The number of carbonyl (C=O) groups is 1. The molecule has 2 heterocycles. The molecule has 1 aliphatic heterocycles. The summed E-state index contributed by atoms with van der Waals surface area (Å²) in [7, 11) is 1.85. The van der Waals surface area contributed by atoms with Crippen LogP contribution in [0.1, 0.15) is 12.0 Å². The molecule has 0 radical (unpaired) electrons. The van der Waals surface area contributed by atoms with E-state index in [1.807, 2.05) is 24.1 Å². The maximum Gasteiger partial charge on any atom is 0.317 e. The standard InChI is InChI=1S/C14H21N3O3/c1-15-13-8-11(4-5-16-13)2-3-12-9-17(6-7-20-12)10-14(18)19/h4-5,8,12H,2-3,6-7,9-10H2,1H3,(H,15,16)(H,18,19). The normalized spacial score (nSPS) is 19.8. The molecule has 0 amide bonds. The highest BCUT2D eigenvalue weighted by atomic mass is 16.5. The van der Waals surface area contributed by atoms with Gasteiger partial charge in [0.25, 0.3) is 0 Å². The van der Waals surface area contributed by atoms with Gasteiger partial charge in [0, 0.05) is 26.3 Å². The lowest BCUT2D eigenvalue weighted by atomic mass is 10.1. The van der Waals surface area contributed by atoms with Gasteiger partial charge in [0.1, 0.15) is 5.82 Å². The summed E-state index contributed by atoms with van der Waals surface area (Å²) in [4.78, 5) is 16.8. The van der Waals surface area contributed by atoms with Crippen molar-refractivity contribution in [1.82, 2.24) is 9.88 Å². The van der Waals surface area contributed by atoms with E-state index in [9.17, 15) is 4.79 Å². The molecule has 110 valence electrons. The molecule has 0 aliphatic carbocycles. The Morgan fingerprint density at radius 2 is 2.50 bits per heavy atom. The van der Waals surface area contributed by atoms with E-state index >= 15 is 0 Å². The number of anilines is 1. The van der Waals surface area contributed by atoms with Crippen LogP contribution in [0.2, 0.25) is 0 Å². The first-order valence-electron chi connectivity index (χ1n) is 6.86. The van der Waals surface area contributed by atoms with Gasteiger partial charge < -0.3 is 15.2 Å². The zero-order valence-corrected chi connectivity index (χ0v) is 11.7. The van der Waals surface area contributed by atoms with Gasteiger partial charge in [0.15, 0.2) is 0 Å². The summed E-state index contributed by atoms with van der Waals surface area (Å²) in [6.07, 6.45) is 3.69. The minimum atomic E-state index is -0.779. The maximum atomic E-state index is 10.7. The fourth-order valence-electron chi connectivity index (χ4n) is 2.38. The lowest BCUT2D eigenvalue weighted by molar-refractivity contribution is -0.140. The Morgan fingerprint density at radius 1 is 1.65 bits per heavy atom. The smallest absolute Gasteiger partial charge is 0.317 e. The first kappa shape index (κ1) is 14.7. The quantitative estimate of drug-likeness (QED) is 0.804. The average molecular weight is 279 g/mol. The van der Waals surface area contributed by atoms with Crippen LogP contribution in [0.3, 0.4) is 0 Å². The van der Waals surface area contributed by atoms with Crippen LogP contribution in [0, 0.1) is 0 Å². The van der Waals surface area contributed by atoms with Crippen LogP contribution in [-0.2, 0) is 16.0 Å². The fraction of sp³-hybridized carbons (Fsp3) is 0.571. The highest BCUT2D eigenvalue weighted by molar-refractivity contribution is 5.69. The molecule has 0 aromatic carbocycles. The van der Waals surface area contributed by atoms with Crippen molar-refractivity contribution in [3.05, 3.63) is 23.9 Å². The van der Waals surface area contributed by atoms with Crippen molar-refractivity contribution in [3.63, 3.8) is 0 Å². The van der Waals surface area contributed by atoms with Gasteiger partial charge in [0.2, 0.25) is 0 Å². The summed E-state index contributed by atoms with van der Waals surface area (Å²) in [6.45, 7) is 2.09. The third kappa shape index (κ3) is 4.47. The summed E-state index contributed by atoms with van der Waals surface area (Å²) in [5, 5.41) is 11.8. The summed E-state index contributed by atoms with van der Waals surface area (Å²) >= 11 is 0. The molecule has 2 rings (SSSR count). The Morgan fingerprint density at radius 3 is 3.25 bits per heavy atom. The van der Waals surface area contributed by atoms with Crippen LogP contribution in [0.4, 0.5) is 5.82 Å². The fourth-order valence-corrected chi connectivity index (χ4v) is 2.38. The minimum absolute atomic E-state index is 0.0962. The van der Waals surface area contributed by atoms with Crippen molar-refractivity contribution in [2.75, 3.05) is 38.6 Å². The van der Waals surface area contributed by atoms with E-state index in [0.29, 0.717) is 19.7 Å². The number of aliphatic carboxylic acids is 1. The predicted octanol–water partition coefficient (Wildman–Crippen LogP) is 0.841. The molecule has 20 heavy (non-hydrogen) atoms. The number of carboxylic acids is 1. The highest BCUT2D eigenvalue weighted by Gasteiger charge is 2.21. The largest absolute Gasteiger partial charge is 0.480 e. The van der Waals surface area contributed by atoms with Crippen molar-refractivity contribution in [1.29, 1.82) is 0 Å². The molecule has 0 bridgehead atoms. The van der Waals surface area contributed by atoms with Crippen molar-refractivity contribution in [2.24, 2.45) is 0 Å².